The monoisotopic (exact) mass is 308 g/mol. The van der Waals surface area contributed by atoms with Gasteiger partial charge in [0, 0.05) is 22.7 Å². The first kappa shape index (κ1) is 15.3. The lowest BCUT2D eigenvalue weighted by atomic mass is 10.1. The number of nitrogens with zero attached hydrogens (tertiary/aromatic N) is 2. The van der Waals surface area contributed by atoms with Crippen molar-refractivity contribution in [3.63, 3.8) is 0 Å². The minimum Gasteiger partial charge on any atom is -0.507 e. The van der Waals surface area contributed by atoms with E-state index in [1.165, 1.54) is 0 Å². The van der Waals surface area contributed by atoms with Crippen molar-refractivity contribution in [1.82, 2.24) is 9.97 Å². The van der Waals surface area contributed by atoms with Gasteiger partial charge in [-0.1, -0.05) is 19.9 Å². The molecule has 2 aromatic heterocycles. The molecule has 0 saturated carbocycles. The number of benzene rings is 1. The number of methoxy groups -OCH3 is 1. The van der Waals surface area contributed by atoms with E-state index in [-0.39, 0.29) is 5.75 Å². The van der Waals surface area contributed by atoms with Crippen molar-refractivity contribution in [2.45, 2.75) is 26.7 Å². The third-order valence-electron chi connectivity index (χ3n) is 4.01. The van der Waals surface area contributed by atoms with Crippen LogP contribution in [0.25, 0.3) is 22.3 Å². The molecule has 0 aliphatic carbocycles. The van der Waals surface area contributed by atoms with Crippen LogP contribution in [-0.4, -0.2) is 22.2 Å². The SMILES string of the molecule is COc1ccc2c(O)cc(-c3cccc(C(C)C)n3)nc2c1C. The summed E-state index contributed by atoms with van der Waals surface area (Å²) in [5.74, 6) is 1.30. The lowest BCUT2D eigenvalue weighted by molar-refractivity contribution is 0.412. The molecule has 0 bridgehead atoms. The molecule has 0 aliphatic heterocycles. The maximum Gasteiger partial charge on any atom is 0.127 e. The average Bonchev–Trinajstić information content (AvgIpc) is 2.55. The van der Waals surface area contributed by atoms with Crippen molar-refractivity contribution in [1.29, 1.82) is 0 Å². The lowest BCUT2D eigenvalue weighted by Gasteiger charge is -2.11. The first-order valence-corrected chi connectivity index (χ1v) is 7.66. The fourth-order valence-corrected chi connectivity index (χ4v) is 2.66. The lowest BCUT2D eigenvalue weighted by Crippen LogP contribution is -1.97. The molecule has 118 valence electrons. The van der Waals surface area contributed by atoms with E-state index in [0.29, 0.717) is 17.0 Å². The van der Waals surface area contributed by atoms with Crippen LogP contribution in [-0.2, 0) is 0 Å². The van der Waals surface area contributed by atoms with Crippen molar-refractivity contribution in [2.75, 3.05) is 7.11 Å². The Bertz CT molecular complexity index is 873. The molecule has 0 aliphatic rings. The highest BCUT2D eigenvalue weighted by Crippen LogP contribution is 2.34. The van der Waals surface area contributed by atoms with Crippen LogP contribution in [0.2, 0.25) is 0 Å². The maximum atomic E-state index is 10.4. The highest BCUT2D eigenvalue weighted by atomic mass is 16.5. The van der Waals surface area contributed by atoms with Crippen molar-refractivity contribution in [3.05, 3.63) is 47.7 Å². The Balaban J connectivity index is 2.23. The van der Waals surface area contributed by atoms with E-state index >= 15 is 0 Å². The van der Waals surface area contributed by atoms with E-state index in [4.69, 9.17) is 9.72 Å². The van der Waals surface area contributed by atoms with Crippen molar-refractivity contribution in [2.24, 2.45) is 0 Å². The molecule has 23 heavy (non-hydrogen) atoms. The molecule has 0 spiro atoms. The summed E-state index contributed by atoms with van der Waals surface area (Å²) < 4.78 is 5.35. The largest absolute Gasteiger partial charge is 0.507 e. The quantitative estimate of drug-likeness (QED) is 0.777. The van der Waals surface area contributed by atoms with Gasteiger partial charge in [-0.3, -0.25) is 4.98 Å². The third-order valence-corrected chi connectivity index (χ3v) is 4.01. The molecular formula is C19H20N2O2. The second-order valence-corrected chi connectivity index (χ2v) is 5.92. The number of aryl methyl sites for hydroxylation is 1. The number of aromatic nitrogens is 2. The molecule has 0 unspecified atom stereocenters. The minimum atomic E-state index is 0.201. The predicted molar refractivity (Wildman–Crippen MR) is 92.0 cm³/mol. The summed E-state index contributed by atoms with van der Waals surface area (Å²) in [5.41, 5.74) is 4.06. The fraction of sp³-hybridized carbons (Fsp3) is 0.263. The molecule has 3 rings (SSSR count). The van der Waals surface area contributed by atoms with E-state index in [2.05, 4.69) is 18.8 Å². The summed E-state index contributed by atoms with van der Waals surface area (Å²) in [6.07, 6.45) is 0. The molecule has 0 amide bonds. The number of pyridine rings is 2. The second kappa shape index (κ2) is 5.88. The Morgan fingerprint density at radius 1 is 1.04 bits per heavy atom. The van der Waals surface area contributed by atoms with Crippen LogP contribution in [0.1, 0.15) is 31.0 Å². The number of hydrogen-bond acceptors (Lipinski definition) is 4. The second-order valence-electron chi connectivity index (χ2n) is 5.92. The normalized spacial score (nSPS) is 11.2. The summed E-state index contributed by atoms with van der Waals surface area (Å²) in [6.45, 7) is 6.15. The molecule has 4 heteroatoms. The smallest absolute Gasteiger partial charge is 0.127 e. The van der Waals surface area contributed by atoms with E-state index in [1.807, 2.05) is 37.3 Å². The van der Waals surface area contributed by atoms with Crippen LogP contribution >= 0.6 is 0 Å². The zero-order valence-corrected chi connectivity index (χ0v) is 13.8. The Hall–Kier alpha value is -2.62. The van der Waals surface area contributed by atoms with Gasteiger partial charge in [-0.25, -0.2) is 4.98 Å². The molecule has 0 fully saturated rings. The Labute approximate surface area is 135 Å². The highest BCUT2D eigenvalue weighted by molar-refractivity contribution is 5.91. The van der Waals surface area contributed by atoms with Crippen molar-refractivity contribution >= 4 is 10.9 Å². The zero-order chi connectivity index (χ0) is 16.6. The minimum absolute atomic E-state index is 0.201. The number of aromatic hydroxyl groups is 1. The van der Waals surface area contributed by atoms with Crippen LogP contribution < -0.4 is 4.74 Å². The Morgan fingerprint density at radius 2 is 1.83 bits per heavy atom. The molecule has 0 radical (unpaired) electrons. The number of rotatable bonds is 3. The fourth-order valence-electron chi connectivity index (χ4n) is 2.66. The molecular weight excluding hydrogens is 288 g/mol. The van der Waals surface area contributed by atoms with Crippen molar-refractivity contribution < 1.29 is 9.84 Å². The number of hydrogen-bond donors (Lipinski definition) is 1. The number of ether oxygens (including phenoxy) is 1. The summed E-state index contributed by atoms with van der Waals surface area (Å²) in [5, 5.41) is 11.1. The highest BCUT2D eigenvalue weighted by Gasteiger charge is 2.13. The van der Waals surface area contributed by atoms with Crippen LogP contribution in [0.4, 0.5) is 0 Å². The van der Waals surface area contributed by atoms with Crippen LogP contribution in [0.3, 0.4) is 0 Å². The van der Waals surface area contributed by atoms with Gasteiger partial charge in [0.2, 0.25) is 0 Å². The molecule has 0 saturated heterocycles. The third kappa shape index (κ3) is 2.72. The van der Waals surface area contributed by atoms with E-state index in [9.17, 15) is 5.11 Å². The van der Waals surface area contributed by atoms with Crippen LogP contribution in [0.5, 0.6) is 11.5 Å². The summed E-state index contributed by atoms with van der Waals surface area (Å²) in [7, 11) is 1.63. The van der Waals surface area contributed by atoms with Crippen LogP contribution in [0.15, 0.2) is 36.4 Å². The van der Waals surface area contributed by atoms with Gasteiger partial charge in [-0.2, -0.15) is 0 Å². The topological polar surface area (TPSA) is 55.2 Å². The molecule has 2 heterocycles. The molecule has 1 aromatic carbocycles. The molecule has 3 aromatic rings. The predicted octanol–water partition coefficient (Wildman–Crippen LogP) is 4.44. The first-order chi connectivity index (χ1) is 11.0. The molecule has 4 nitrogen and oxygen atoms in total. The maximum absolute atomic E-state index is 10.4. The Morgan fingerprint density at radius 3 is 2.52 bits per heavy atom. The Kier molecular flexibility index (Phi) is 3.90. The van der Waals surface area contributed by atoms with Gasteiger partial charge in [0.1, 0.15) is 11.5 Å². The summed E-state index contributed by atoms with van der Waals surface area (Å²) in [4.78, 5) is 9.37. The van der Waals surface area contributed by atoms with Gasteiger partial charge in [0.25, 0.3) is 0 Å². The van der Waals surface area contributed by atoms with Crippen LogP contribution in [0, 0.1) is 6.92 Å². The number of fused-ring (bicyclic) bond motifs is 1. The van der Waals surface area contributed by atoms with Gasteiger partial charge in [0.05, 0.1) is 24.0 Å². The summed E-state index contributed by atoms with van der Waals surface area (Å²) >= 11 is 0. The van der Waals surface area contributed by atoms with Gasteiger partial charge < -0.3 is 9.84 Å². The van der Waals surface area contributed by atoms with Gasteiger partial charge >= 0.3 is 0 Å². The van der Waals surface area contributed by atoms with Gasteiger partial charge in [-0.05, 0) is 37.1 Å². The zero-order valence-electron chi connectivity index (χ0n) is 13.8. The van der Waals surface area contributed by atoms with E-state index in [0.717, 1.165) is 28.2 Å². The van der Waals surface area contributed by atoms with E-state index < -0.39 is 0 Å². The standard InChI is InChI=1S/C19H20N2O2/c1-11(2)14-6-5-7-15(20-14)16-10-17(22)13-8-9-18(23-4)12(3)19(13)21-16/h5-11H,1-4H3,(H,21,22). The molecule has 1 N–H and O–H groups in total. The molecule has 0 atom stereocenters. The van der Waals surface area contributed by atoms with Crippen molar-refractivity contribution in [3.8, 4) is 22.9 Å². The average molecular weight is 308 g/mol. The summed E-state index contributed by atoms with van der Waals surface area (Å²) in [6, 6.07) is 11.2. The van der Waals surface area contributed by atoms with E-state index in [1.54, 1.807) is 13.2 Å². The van der Waals surface area contributed by atoms with Gasteiger partial charge in [0.15, 0.2) is 0 Å². The van der Waals surface area contributed by atoms with Gasteiger partial charge in [-0.15, -0.1) is 0 Å². The first-order valence-electron chi connectivity index (χ1n) is 7.66.